The molecule has 0 saturated carbocycles. The van der Waals surface area contributed by atoms with Gasteiger partial charge in [-0.2, -0.15) is 0 Å². The van der Waals surface area contributed by atoms with Gasteiger partial charge in [-0.1, -0.05) is 6.42 Å². The van der Waals surface area contributed by atoms with E-state index in [0.717, 1.165) is 46.3 Å². The van der Waals surface area contributed by atoms with Crippen molar-refractivity contribution in [3.63, 3.8) is 0 Å². The number of nitrogens with zero attached hydrogens (tertiary/aromatic N) is 4. The molecule has 9 heteroatoms. The van der Waals surface area contributed by atoms with E-state index in [-0.39, 0.29) is 0 Å². The van der Waals surface area contributed by atoms with Gasteiger partial charge in [-0.25, -0.2) is 0 Å². The van der Waals surface area contributed by atoms with Crippen LogP contribution in [0.15, 0.2) is 48.8 Å². The predicted octanol–water partition coefficient (Wildman–Crippen LogP) is 3.67. The standard InChI is InChI=1S/C32H38N6O3/c1-35(2)20-8-10-27-23(14-20)25(16-33-27)29-30(32(41)34-31(29)40)26-19-38(18-22(39)17-37-12-6-5-7-13-37)28-11-9-21(36(3)4)15-24(26)28/h8-11,14-16,19,22,33,39H,5-7,12-13,17-18H2,1-4H3,(H,34,40,41). The molecular formula is C32H38N6O3. The lowest BCUT2D eigenvalue weighted by Crippen LogP contribution is -2.37. The Hall–Kier alpha value is -4.08. The van der Waals surface area contributed by atoms with Gasteiger partial charge in [-0.3, -0.25) is 14.9 Å². The minimum absolute atomic E-state index is 0.358. The first kappa shape index (κ1) is 27.1. The van der Waals surface area contributed by atoms with E-state index in [2.05, 4.69) is 21.3 Å². The van der Waals surface area contributed by atoms with E-state index in [4.69, 9.17) is 0 Å². The van der Waals surface area contributed by atoms with Crippen molar-refractivity contribution in [1.29, 1.82) is 0 Å². The summed E-state index contributed by atoms with van der Waals surface area (Å²) in [6.45, 7) is 3.03. The summed E-state index contributed by atoms with van der Waals surface area (Å²) >= 11 is 0. The summed E-state index contributed by atoms with van der Waals surface area (Å²) in [5.74, 6) is -0.817. The first-order chi connectivity index (χ1) is 19.7. The number of amides is 2. The minimum Gasteiger partial charge on any atom is -0.390 e. The van der Waals surface area contributed by atoms with E-state index in [1.165, 1.54) is 19.3 Å². The van der Waals surface area contributed by atoms with E-state index >= 15 is 0 Å². The number of nitrogens with one attached hydrogen (secondary N) is 2. The van der Waals surface area contributed by atoms with Crippen LogP contribution < -0.4 is 15.1 Å². The molecule has 1 fully saturated rings. The van der Waals surface area contributed by atoms with Crippen molar-refractivity contribution in [2.45, 2.75) is 31.9 Å². The first-order valence-corrected chi connectivity index (χ1v) is 14.3. The fourth-order valence-electron chi connectivity index (χ4n) is 6.20. The number of aliphatic hydroxyl groups is 1. The van der Waals surface area contributed by atoms with Crippen molar-refractivity contribution in [2.75, 3.05) is 57.6 Å². The summed E-state index contributed by atoms with van der Waals surface area (Å²) in [7, 11) is 7.90. The van der Waals surface area contributed by atoms with Gasteiger partial charge in [-0.05, 0) is 62.3 Å². The number of aromatic nitrogens is 2. The second-order valence-corrected chi connectivity index (χ2v) is 11.7. The van der Waals surface area contributed by atoms with Gasteiger partial charge in [0.25, 0.3) is 11.8 Å². The highest BCUT2D eigenvalue weighted by atomic mass is 16.3. The minimum atomic E-state index is -0.560. The summed E-state index contributed by atoms with van der Waals surface area (Å²) in [6.07, 6.45) is 6.76. The predicted molar refractivity (Wildman–Crippen MR) is 165 cm³/mol. The number of rotatable bonds is 8. The van der Waals surface area contributed by atoms with Crippen LogP contribution >= 0.6 is 0 Å². The molecule has 0 radical (unpaired) electrons. The summed E-state index contributed by atoms with van der Waals surface area (Å²) in [5, 5.41) is 15.4. The third-order valence-corrected chi connectivity index (χ3v) is 8.36. The lowest BCUT2D eigenvalue weighted by molar-refractivity contribution is -0.122. The molecule has 0 spiro atoms. The van der Waals surface area contributed by atoms with Crippen molar-refractivity contribution in [3.8, 4) is 0 Å². The lowest BCUT2D eigenvalue weighted by Gasteiger charge is -2.28. The van der Waals surface area contributed by atoms with Crippen LogP contribution in [0.25, 0.3) is 33.0 Å². The van der Waals surface area contributed by atoms with Crippen LogP contribution in [0.1, 0.15) is 30.4 Å². The van der Waals surface area contributed by atoms with Gasteiger partial charge in [-0.15, -0.1) is 0 Å². The number of hydrogen-bond donors (Lipinski definition) is 3. The molecule has 9 nitrogen and oxygen atoms in total. The van der Waals surface area contributed by atoms with Gasteiger partial charge in [0.05, 0.1) is 17.3 Å². The molecule has 4 heterocycles. The number of imide groups is 1. The normalized spacial score (nSPS) is 17.1. The topological polar surface area (TPSA) is 96.8 Å². The highest BCUT2D eigenvalue weighted by Crippen LogP contribution is 2.40. The van der Waals surface area contributed by atoms with Crippen LogP contribution in [0.2, 0.25) is 0 Å². The van der Waals surface area contributed by atoms with Crippen LogP contribution in [0.4, 0.5) is 11.4 Å². The number of aromatic amines is 1. The smallest absolute Gasteiger partial charge is 0.259 e. The Balaban J connectivity index is 1.50. The number of benzene rings is 2. The lowest BCUT2D eigenvalue weighted by atomic mass is 9.95. The van der Waals surface area contributed by atoms with Gasteiger partial charge in [0.2, 0.25) is 0 Å². The zero-order chi connectivity index (χ0) is 28.8. The van der Waals surface area contributed by atoms with Crippen LogP contribution in [0.5, 0.6) is 0 Å². The van der Waals surface area contributed by atoms with Gasteiger partial charge in [0.15, 0.2) is 0 Å². The molecule has 214 valence electrons. The number of fused-ring (bicyclic) bond motifs is 2. The number of anilines is 2. The van der Waals surface area contributed by atoms with Crippen molar-refractivity contribution in [2.24, 2.45) is 0 Å². The summed E-state index contributed by atoms with van der Waals surface area (Å²) in [4.78, 5) is 36.5. The van der Waals surface area contributed by atoms with Crippen molar-refractivity contribution < 1.29 is 14.7 Å². The molecule has 2 aromatic carbocycles. The van der Waals surface area contributed by atoms with Gasteiger partial charge >= 0.3 is 0 Å². The van der Waals surface area contributed by atoms with Crippen molar-refractivity contribution in [3.05, 3.63) is 59.9 Å². The number of carbonyl (C=O) groups is 2. The molecule has 2 aliphatic rings. The summed E-state index contributed by atoms with van der Waals surface area (Å²) in [6, 6.07) is 12.2. The van der Waals surface area contributed by atoms with Crippen LogP contribution in [0.3, 0.4) is 0 Å². The third-order valence-electron chi connectivity index (χ3n) is 8.36. The Labute approximate surface area is 240 Å². The van der Waals surface area contributed by atoms with Crippen LogP contribution in [0, 0.1) is 0 Å². The Morgan fingerprint density at radius 3 is 2.15 bits per heavy atom. The Morgan fingerprint density at radius 1 is 0.829 bits per heavy atom. The summed E-state index contributed by atoms with van der Waals surface area (Å²) < 4.78 is 2.03. The van der Waals surface area contributed by atoms with Crippen LogP contribution in [-0.2, 0) is 16.1 Å². The Kier molecular flexibility index (Phi) is 7.09. The second-order valence-electron chi connectivity index (χ2n) is 11.7. The highest BCUT2D eigenvalue weighted by Gasteiger charge is 2.35. The van der Waals surface area contributed by atoms with E-state index in [1.54, 1.807) is 0 Å². The second kappa shape index (κ2) is 10.7. The summed E-state index contributed by atoms with van der Waals surface area (Å²) in [5.41, 5.74) is 5.89. The number of likely N-dealkylation sites (tertiary alicyclic amines) is 1. The zero-order valence-corrected chi connectivity index (χ0v) is 24.2. The quantitative estimate of drug-likeness (QED) is 0.288. The number of piperidine rings is 1. The number of aliphatic hydroxyl groups excluding tert-OH is 1. The molecule has 1 saturated heterocycles. The maximum atomic E-state index is 13.5. The number of H-pyrrole nitrogens is 1. The maximum absolute atomic E-state index is 13.5. The molecule has 1 unspecified atom stereocenters. The molecule has 0 aliphatic carbocycles. The molecule has 2 amide bonds. The fraction of sp³-hybridized carbons (Fsp3) is 0.375. The largest absolute Gasteiger partial charge is 0.390 e. The molecule has 0 bridgehead atoms. The molecule has 3 N–H and O–H groups in total. The number of β-amino-alcohol motifs (C(OH)–C–C–N with tert-alkyl or cyclic N) is 1. The molecule has 2 aliphatic heterocycles. The van der Waals surface area contributed by atoms with Gasteiger partial charge in [0.1, 0.15) is 0 Å². The van der Waals surface area contributed by atoms with E-state index in [1.807, 2.05) is 85.3 Å². The average Bonchev–Trinajstić information content (AvgIpc) is 3.60. The molecule has 2 aromatic heterocycles. The SMILES string of the molecule is CN(C)c1ccc2[nH]cc(C3=C(c4cn(CC(O)CN5CCCCC5)c5ccc(N(C)C)cc45)C(=O)NC3=O)c2c1. The molecule has 4 aromatic rings. The van der Waals surface area contributed by atoms with Crippen molar-refractivity contribution >= 4 is 56.1 Å². The highest BCUT2D eigenvalue weighted by molar-refractivity contribution is 6.50. The number of carbonyl (C=O) groups excluding carboxylic acids is 2. The molecule has 6 rings (SSSR count). The maximum Gasteiger partial charge on any atom is 0.259 e. The van der Waals surface area contributed by atoms with Crippen molar-refractivity contribution in [1.82, 2.24) is 19.8 Å². The Morgan fingerprint density at radius 2 is 1.46 bits per heavy atom. The number of hydrogen-bond acceptors (Lipinski definition) is 6. The third kappa shape index (κ3) is 5.00. The van der Waals surface area contributed by atoms with E-state index in [9.17, 15) is 14.7 Å². The van der Waals surface area contributed by atoms with E-state index < -0.39 is 17.9 Å². The Bertz CT molecular complexity index is 1670. The monoisotopic (exact) mass is 554 g/mol. The molecule has 41 heavy (non-hydrogen) atoms. The molecule has 1 atom stereocenters. The van der Waals surface area contributed by atoms with Gasteiger partial charge in [0, 0.05) is 98.0 Å². The van der Waals surface area contributed by atoms with E-state index in [0.29, 0.717) is 35.4 Å². The first-order valence-electron chi connectivity index (χ1n) is 14.3. The molecular weight excluding hydrogens is 516 g/mol. The van der Waals surface area contributed by atoms with Gasteiger partial charge < -0.3 is 29.4 Å². The van der Waals surface area contributed by atoms with Crippen LogP contribution in [-0.4, -0.2) is 85.3 Å². The average molecular weight is 555 g/mol. The fourth-order valence-corrected chi connectivity index (χ4v) is 6.20. The zero-order valence-electron chi connectivity index (χ0n) is 24.2.